The minimum absolute atomic E-state index is 0.0164. The van der Waals surface area contributed by atoms with Gasteiger partial charge in [-0.2, -0.15) is 0 Å². The van der Waals surface area contributed by atoms with Gasteiger partial charge in [-0.25, -0.2) is 9.18 Å². The van der Waals surface area contributed by atoms with Crippen LogP contribution in [-0.2, 0) is 0 Å². The third-order valence-corrected chi connectivity index (χ3v) is 5.20. The molecule has 5 heteroatoms. The number of unbranched alkanes of at least 4 members (excludes halogenated alkanes) is 1. The minimum atomic E-state index is -0.260. The highest BCUT2D eigenvalue weighted by Gasteiger charge is 2.10. The number of aryl methyl sites for hydroxylation is 1. The Morgan fingerprint density at radius 1 is 0.969 bits per heavy atom. The second kappa shape index (κ2) is 14.4. The second-order valence-electron chi connectivity index (χ2n) is 8.52. The Hall–Kier alpha value is -2.69. The molecule has 0 radical (unpaired) electrons. The first-order valence-corrected chi connectivity index (χ1v) is 11.6. The first-order chi connectivity index (χ1) is 15.2. The molecule has 2 rings (SSSR count). The number of halogens is 1. The summed E-state index contributed by atoms with van der Waals surface area (Å²) in [5, 5.41) is 5.47. The van der Waals surface area contributed by atoms with Gasteiger partial charge in [-0.05, 0) is 75.8 Å². The number of amides is 2. The molecule has 2 N–H and O–H groups in total. The predicted molar refractivity (Wildman–Crippen MR) is 132 cm³/mol. The van der Waals surface area contributed by atoms with E-state index in [0.29, 0.717) is 17.2 Å². The smallest absolute Gasteiger partial charge is 0.319 e. The second-order valence-corrected chi connectivity index (χ2v) is 8.52. The lowest BCUT2D eigenvalue weighted by Gasteiger charge is -2.16. The van der Waals surface area contributed by atoms with Crippen molar-refractivity contribution in [2.75, 3.05) is 5.32 Å². The van der Waals surface area contributed by atoms with Gasteiger partial charge in [0, 0.05) is 17.3 Å². The molecule has 0 spiro atoms. The maximum Gasteiger partial charge on any atom is 0.319 e. The molecule has 2 aromatic rings. The molecule has 0 aliphatic heterocycles. The number of carbonyl (C=O) groups is 2. The van der Waals surface area contributed by atoms with Crippen LogP contribution >= 0.6 is 0 Å². The van der Waals surface area contributed by atoms with Crippen LogP contribution < -0.4 is 10.6 Å². The summed E-state index contributed by atoms with van der Waals surface area (Å²) in [5.41, 5.74) is 3.48. The van der Waals surface area contributed by atoms with Crippen LogP contribution in [0.2, 0.25) is 0 Å². The van der Waals surface area contributed by atoms with Gasteiger partial charge in [0.15, 0.2) is 5.78 Å². The fourth-order valence-corrected chi connectivity index (χ4v) is 3.41. The Kier molecular flexibility index (Phi) is 12.3. The molecule has 1 unspecified atom stereocenters. The van der Waals surface area contributed by atoms with Crippen LogP contribution in [0.25, 0.3) is 0 Å². The number of ketones is 1. The van der Waals surface area contributed by atoms with Gasteiger partial charge in [-0.15, -0.1) is 0 Å². The highest BCUT2D eigenvalue weighted by molar-refractivity contribution is 5.97. The maximum atomic E-state index is 12.8. The van der Waals surface area contributed by atoms with Gasteiger partial charge in [0.1, 0.15) is 5.82 Å². The number of anilines is 1. The lowest BCUT2D eigenvalue weighted by Crippen LogP contribution is -2.34. The van der Waals surface area contributed by atoms with E-state index in [4.69, 9.17) is 0 Å². The number of nitrogens with one attached hydrogen (secondary N) is 2. The Bertz CT molecular complexity index is 847. The molecule has 4 nitrogen and oxygen atoms in total. The first-order valence-electron chi connectivity index (χ1n) is 11.6. The third-order valence-electron chi connectivity index (χ3n) is 5.20. The van der Waals surface area contributed by atoms with Crippen molar-refractivity contribution in [3.05, 3.63) is 65.0 Å². The summed E-state index contributed by atoms with van der Waals surface area (Å²) < 4.78 is 12.8. The number of rotatable bonds is 9. The Balaban J connectivity index is 0.000000323. The average molecular weight is 443 g/mol. The standard InChI is InChI=1S/C14H21F.C13H18N2O2/c1-3-5-7-12(6-4-2)13-8-10-14(15)11-9-13;1-8(2)14-13(17)15-12-7-11(10(4)16)6-5-9(12)3/h8-12H,3-7H2,1-2H3;5-8H,1-4H3,(H2,14,15,17). The van der Waals surface area contributed by atoms with Crippen molar-refractivity contribution in [2.24, 2.45) is 0 Å². The lowest BCUT2D eigenvalue weighted by molar-refractivity contribution is 0.101. The van der Waals surface area contributed by atoms with E-state index in [0.717, 1.165) is 5.56 Å². The molecule has 0 aromatic heterocycles. The van der Waals surface area contributed by atoms with Crippen molar-refractivity contribution >= 4 is 17.5 Å². The van der Waals surface area contributed by atoms with Gasteiger partial charge in [0.2, 0.25) is 0 Å². The Morgan fingerprint density at radius 3 is 2.16 bits per heavy atom. The molecule has 0 fully saturated rings. The quantitative estimate of drug-likeness (QED) is 0.392. The SMILES string of the molecule is CC(=O)c1ccc(C)c(NC(=O)NC(C)C)c1.CCCCC(CCC)c1ccc(F)cc1. The topological polar surface area (TPSA) is 58.2 Å². The number of urea groups is 1. The normalized spacial score (nSPS) is 11.4. The molecule has 0 aliphatic rings. The number of hydrogen-bond acceptors (Lipinski definition) is 2. The fourth-order valence-electron chi connectivity index (χ4n) is 3.41. The molecule has 0 heterocycles. The molecule has 0 bridgehead atoms. The molecule has 0 saturated heterocycles. The van der Waals surface area contributed by atoms with E-state index in [9.17, 15) is 14.0 Å². The monoisotopic (exact) mass is 442 g/mol. The molecular weight excluding hydrogens is 403 g/mol. The molecule has 32 heavy (non-hydrogen) atoms. The van der Waals surface area contributed by atoms with Gasteiger partial charge in [-0.3, -0.25) is 4.79 Å². The maximum absolute atomic E-state index is 12.8. The fraction of sp³-hybridized carbons (Fsp3) is 0.481. The van der Waals surface area contributed by atoms with Crippen molar-refractivity contribution in [1.29, 1.82) is 0 Å². The lowest BCUT2D eigenvalue weighted by atomic mass is 9.90. The largest absolute Gasteiger partial charge is 0.336 e. The van der Waals surface area contributed by atoms with E-state index in [2.05, 4.69) is 24.5 Å². The minimum Gasteiger partial charge on any atom is -0.336 e. The summed E-state index contributed by atoms with van der Waals surface area (Å²) in [6, 6.07) is 12.1. The number of benzene rings is 2. The van der Waals surface area contributed by atoms with Crippen molar-refractivity contribution in [2.45, 2.75) is 85.6 Å². The number of Topliss-reactive ketones (excluding diaryl/α,β-unsaturated/α-hetero) is 1. The van der Waals surface area contributed by atoms with Crippen LogP contribution in [0.15, 0.2) is 42.5 Å². The zero-order valence-electron chi connectivity index (χ0n) is 20.4. The van der Waals surface area contributed by atoms with Gasteiger partial charge in [-0.1, -0.05) is 57.4 Å². The Morgan fingerprint density at radius 2 is 1.62 bits per heavy atom. The van der Waals surface area contributed by atoms with E-state index in [1.165, 1.54) is 44.6 Å². The first kappa shape index (κ1) is 27.3. The summed E-state index contributed by atoms with van der Waals surface area (Å²) in [4.78, 5) is 22.8. The zero-order chi connectivity index (χ0) is 24.1. The summed E-state index contributed by atoms with van der Waals surface area (Å²) in [7, 11) is 0. The van der Waals surface area contributed by atoms with Gasteiger partial charge in [0.05, 0.1) is 0 Å². The van der Waals surface area contributed by atoms with E-state index in [1.54, 1.807) is 24.3 Å². The number of hydrogen-bond donors (Lipinski definition) is 2. The summed E-state index contributed by atoms with van der Waals surface area (Å²) in [6.07, 6.45) is 6.15. The molecule has 2 aromatic carbocycles. The van der Waals surface area contributed by atoms with Gasteiger partial charge >= 0.3 is 6.03 Å². The molecule has 1 atom stereocenters. The summed E-state index contributed by atoms with van der Waals surface area (Å²) in [6.45, 7) is 11.6. The average Bonchev–Trinajstić information content (AvgIpc) is 2.73. The van der Waals surface area contributed by atoms with Crippen molar-refractivity contribution in [3.8, 4) is 0 Å². The van der Waals surface area contributed by atoms with Crippen LogP contribution in [0.1, 0.15) is 94.1 Å². The molecule has 2 amide bonds. The number of carbonyl (C=O) groups excluding carboxylic acids is 2. The van der Waals surface area contributed by atoms with Crippen molar-refractivity contribution < 1.29 is 14.0 Å². The van der Waals surface area contributed by atoms with Gasteiger partial charge < -0.3 is 10.6 Å². The molecule has 0 saturated carbocycles. The van der Waals surface area contributed by atoms with E-state index in [-0.39, 0.29) is 23.7 Å². The van der Waals surface area contributed by atoms with Crippen molar-refractivity contribution in [1.82, 2.24) is 5.32 Å². The van der Waals surface area contributed by atoms with Crippen LogP contribution in [0.4, 0.5) is 14.9 Å². The van der Waals surface area contributed by atoms with Crippen LogP contribution in [0.5, 0.6) is 0 Å². The van der Waals surface area contributed by atoms with Crippen LogP contribution in [-0.4, -0.2) is 17.9 Å². The zero-order valence-corrected chi connectivity index (χ0v) is 20.4. The third kappa shape index (κ3) is 10.1. The summed E-state index contributed by atoms with van der Waals surface area (Å²) in [5.74, 6) is 0.470. The van der Waals surface area contributed by atoms with Crippen LogP contribution in [0, 0.1) is 12.7 Å². The van der Waals surface area contributed by atoms with E-state index in [1.807, 2.05) is 39.0 Å². The van der Waals surface area contributed by atoms with Crippen molar-refractivity contribution in [3.63, 3.8) is 0 Å². The highest BCUT2D eigenvalue weighted by atomic mass is 19.1. The van der Waals surface area contributed by atoms with Gasteiger partial charge in [0.25, 0.3) is 0 Å². The van der Waals surface area contributed by atoms with E-state index < -0.39 is 0 Å². The summed E-state index contributed by atoms with van der Waals surface area (Å²) >= 11 is 0. The molecular formula is C27H39FN2O2. The highest BCUT2D eigenvalue weighted by Crippen LogP contribution is 2.27. The van der Waals surface area contributed by atoms with E-state index >= 15 is 0 Å². The Labute approximate surface area is 193 Å². The molecule has 176 valence electrons. The van der Waals surface area contributed by atoms with Crippen LogP contribution in [0.3, 0.4) is 0 Å². The predicted octanol–water partition coefficient (Wildman–Crippen LogP) is 7.63. The molecule has 0 aliphatic carbocycles.